The van der Waals surface area contributed by atoms with E-state index in [0.29, 0.717) is 0 Å². The molecule has 1 rings (SSSR count). The monoisotopic (exact) mass is 227 g/mol. The molecule has 0 fully saturated rings. The number of aliphatic hydroxyl groups excluding tert-OH is 1. The molecular weight excluding hydrogens is 218 g/mol. The molecule has 0 atom stereocenters. The molecule has 1 aromatic carbocycles. The molecule has 3 heteroatoms. The van der Waals surface area contributed by atoms with Crippen molar-refractivity contribution in [1.29, 1.82) is 0 Å². The molecule has 64 valence electrons. The summed E-state index contributed by atoms with van der Waals surface area (Å²) in [6, 6.07) is 5.66. The Balaban J connectivity index is 2.96. The van der Waals surface area contributed by atoms with Gasteiger partial charge < -0.3 is 10.4 Å². The topological polar surface area (TPSA) is 32.3 Å². The van der Waals surface area contributed by atoms with Gasteiger partial charge in [0, 0.05) is 10.2 Å². The van der Waals surface area contributed by atoms with Crippen molar-refractivity contribution >= 4 is 21.6 Å². The van der Waals surface area contributed by atoms with Crippen molar-refractivity contribution in [3.05, 3.63) is 41.0 Å². The Hall–Kier alpha value is -0.800. The van der Waals surface area contributed by atoms with Crippen molar-refractivity contribution in [3.63, 3.8) is 0 Å². The van der Waals surface area contributed by atoms with Gasteiger partial charge in [-0.2, -0.15) is 0 Å². The lowest BCUT2D eigenvalue weighted by Crippen LogP contribution is -1.90. The maximum absolute atomic E-state index is 8.93. The number of nitrogens with one attached hydrogen (secondary N) is 1. The highest BCUT2D eigenvalue weighted by atomic mass is 79.9. The van der Waals surface area contributed by atoms with E-state index in [9.17, 15) is 0 Å². The second kappa shape index (κ2) is 4.28. The first-order valence-electron chi connectivity index (χ1n) is 3.54. The van der Waals surface area contributed by atoms with Crippen molar-refractivity contribution < 1.29 is 5.11 Å². The van der Waals surface area contributed by atoms with Crippen LogP contribution in [0, 0.1) is 0 Å². The van der Waals surface area contributed by atoms with Crippen LogP contribution in [0.4, 0.5) is 5.69 Å². The van der Waals surface area contributed by atoms with E-state index in [-0.39, 0.29) is 6.61 Å². The number of aliphatic hydroxyl groups is 1. The third-order valence-corrected chi connectivity index (χ3v) is 2.26. The van der Waals surface area contributed by atoms with Crippen LogP contribution in [0.5, 0.6) is 0 Å². The molecule has 2 N–H and O–H groups in total. The average Bonchev–Trinajstić information content (AvgIpc) is 2.09. The molecule has 0 bridgehead atoms. The highest BCUT2D eigenvalue weighted by Gasteiger charge is 1.98. The summed E-state index contributed by atoms with van der Waals surface area (Å²) >= 11 is 3.33. The van der Waals surface area contributed by atoms with Crippen molar-refractivity contribution in [2.75, 3.05) is 5.32 Å². The van der Waals surface area contributed by atoms with Gasteiger partial charge in [0.1, 0.15) is 0 Å². The number of anilines is 1. The molecule has 0 saturated heterocycles. The number of hydrogen-bond acceptors (Lipinski definition) is 2. The Labute approximate surface area is 80.0 Å². The second-order valence-electron chi connectivity index (χ2n) is 2.31. The van der Waals surface area contributed by atoms with Gasteiger partial charge in [-0.1, -0.05) is 22.5 Å². The molecule has 1 aromatic rings. The van der Waals surface area contributed by atoms with E-state index in [1.807, 2.05) is 18.2 Å². The summed E-state index contributed by atoms with van der Waals surface area (Å²) in [6.07, 6.45) is 1.60. The van der Waals surface area contributed by atoms with E-state index >= 15 is 0 Å². The number of benzene rings is 1. The van der Waals surface area contributed by atoms with E-state index in [4.69, 9.17) is 5.11 Å². The summed E-state index contributed by atoms with van der Waals surface area (Å²) in [6.45, 7) is 3.58. The smallest absolute Gasteiger partial charge is 0.0693 e. The summed E-state index contributed by atoms with van der Waals surface area (Å²) < 4.78 is 0.916. The normalized spacial score (nSPS) is 9.50. The number of rotatable bonds is 3. The number of hydrogen-bond donors (Lipinski definition) is 2. The Kier molecular flexibility index (Phi) is 3.31. The third kappa shape index (κ3) is 2.09. The molecule has 0 saturated carbocycles. The summed E-state index contributed by atoms with van der Waals surface area (Å²) in [4.78, 5) is 0. The predicted molar refractivity (Wildman–Crippen MR) is 53.9 cm³/mol. The first-order valence-corrected chi connectivity index (χ1v) is 4.34. The lowest BCUT2D eigenvalue weighted by atomic mass is 10.2. The fraction of sp³-hybridized carbons (Fsp3) is 0.111. The van der Waals surface area contributed by atoms with Crippen molar-refractivity contribution in [2.45, 2.75) is 6.61 Å². The molecule has 12 heavy (non-hydrogen) atoms. The van der Waals surface area contributed by atoms with Crippen molar-refractivity contribution in [1.82, 2.24) is 0 Å². The van der Waals surface area contributed by atoms with Crippen LogP contribution >= 0.6 is 15.9 Å². The fourth-order valence-corrected chi connectivity index (χ4v) is 1.28. The standard InChI is InChI=1S/C9H10BrNO/c1-2-11-8-3-4-9(10)7(5-8)6-12/h2-5,11-12H,1,6H2. The van der Waals surface area contributed by atoms with Gasteiger partial charge in [0.2, 0.25) is 0 Å². The van der Waals surface area contributed by atoms with E-state index in [1.54, 1.807) is 6.20 Å². The predicted octanol–water partition coefficient (Wildman–Crippen LogP) is 2.50. The minimum Gasteiger partial charge on any atom is -0.392 e. The minimum atomic E-state index is 0.0350. The van der Waals surface area contributed by atoms with Crippen molar-refractivity contribution in [3.8, 4) is 0 Å². The summed E-state index contributed by atoms with van der Waals surface area (Å²) in [5.41, 5.74) is 1.79. The Bertz CT molecular complexity index is 286. The number of halogens is 1. The van der Waals surface area contributed by atoms with Gasteiger partial charge in [0.15, 0.2) is 0 Å². The maximum Gasteiger partial charge on any atom is 0.0693 e. The van der Waals surface area contributed by atoms with Crippen LogP contribution in [0.1, 0.15) is 5.56 Å². The molecule has 0 amide bonds. The zero-order valence-corrected chi connectivity index (χ0v) is 8.13. The highest BCUT2D eigenvalue weighted by Crippen LogP contribution is 2.20. The zero-order chi connectivity index (χ0) is 8.97. The molecule has 0 radical (unpaired) electrons. The van der Waals surface area contributed by atoms with Crippen LogP contribution < -0.4 is 5.32 Å². The molecular formula is C9H10BrNO. The van der Waals surface area contributed by atoms with Gasteiger partial charge >= 0.3 is 0 Å². The van der Waals surface area contributed by atoms with Crippen LogP contribution in [0.25, 0.3) is 0 Å². The lowest BCUT2D eigenvalue weighted by molar-refractivity contribution is 0.281. The Morgan fingerprint density at radius 3 is 2.92 bits per heavy atom. The molecule has 0 heterocycles. The quantitative estimate of drug-likeness (QED) is 0.832. The third-order valence-electron chi connectivity index (χ3n) is 1.48. The molecule has 0 aromatic heterocycles. The highest BCUT2D eigenvalue weighted by molar-refractivity contribution is 9.10. The van der Waals surface area contributed by atoms with E-state index in [0.717, 1.165) is 15.7 Å². The average molecular weight is 228 g/mol. The molecule has 0 aliphatic carbocycles. The maximum atomic E-state index is 8.93. The molecule has 2 nitrogen and oxygen atoms in total. The van der Waals surface area contributed by atoms with Gasteiger partial charge in [-0.05, 0) is 30.0 Å². The summed E-state index contributed by atoms with van der Waals surface area (Å²) in [5.74, 6) is 0. The molecule has 0 unspecified atom stereocenters. The van der Waals surface area contributed by atoms with Crippen molar-refractivity contribution in [2.24, 2.45) is 0 Å². The second-order valence-corrected chi connectivity index (χ2v) is 3.17. The summed E-state index contributed by atoms with van der Waals surface area (Å²) in [5, 5.41) is 11.9. The van der Waals surface area contributed by atoms with E-state index in [1.165, 1.54) is 0 Å². The van der Waals surface area contributed by atoms with Crippen LogP contribution in [0.15, 0.2) is 35.5 Å². The SMILES string of the molecule is C=CNc1ccc(Br)c(CO)c1. The van der Waals surface area contributed by atoms with Gasteiger partial charge in [0.25, 0.3) is 0 Å². The van der Waals surface area contributed by atoms with Gasteiger partial charge in [-0.3, -0.25) is 0 Å². The summed E-state index contributed by atoms with van der Waals surface area (Å²) in [7, 11) is 0. The molecule has 0 spiro atoms. The van der Waals surface area contributed by atoms with E-state index in [2.05, 4.69) is 27.8 Å². The largest absolute Gasteiger partial charge is 0.392 e. The minimum absolute atomic E-state index is 0.0350. The van der Waals surface area contributed by atoms with Gasteiger partial charge in [-0.25, -0.2) is 0 Å². The van der Waals surface area contributed by atoms with Crippen LogP contribution in [-0.4, -0.2) is 5.11 Å². The Morgan fingerprint density at radius 1 is 1.58 bits per heavy atom. The van der Waals surface area contributed by atoms with Crippen LogP contribution in [-0.2, 0) is 6.61 Å². The zero-order valence-electron chi connectivity index (χ0n) is 6.55. The van der Waals surface area contributed by atoms with Crippen LogP contribution in [0.3, 0.4) is 0 Å². The van der Waals surface area contributed by atoms with Crippen LogP contribution in [0.2, 0.25) is 0 Å². The Morgan fingerprint density at radius 2 is 2.33 bits per heavy atom. The van der Waals surface area contributed by atoms with E-state index < -0.39 is 0 Å². The molecule has 0 aliphatic rings. The van der Waals surface area contributed by atoms with Gasteiger partial charge in [0.05, 0.1) is 6.61 Å². The molecule has 0 aliphatic heterocycles. The first kappa shape index (κ1) is 9.29. The fourth-order valence-electron chi connectivity index (χ4n) is 0.904. The lowest BCUT2D eigenvalue weighted by Gasteiger charge is -2.04. The van der Waals surface area contributed by atoms with Gasteiger partial charge in [-0.15, -0.1) is 0 Å². The first-order chi connectivity index (χ1) is 5.77.